The van der Waals surface area contributed by atoms with Crippen molar-refractivity contribution in [1.29, 1.82) is 0 Å². The van der Waals surface area contributed by atoms with Crippen molar-refractivity contribution in [2.24, 2.45) is 5.41 Å². The van der Waals surface area contributed by atoms with Crippen molar-refractivity contribution < 1.29 is 9.90 Å². The Bertz CT molecular complexity index is 319. The third kappa shape index (κ3) is 3.74. The smallest absolute Gasteiger partial charge is 0.303 e. The third-order valence-corrected chi connectivity index (χ3v) is 2.91. The fraction of sp³-hybridized carbons (Fsp3) is 0.462. The van der Waals surface area contributed by atoms with E-state index >= 15 is 0 Å². The van der Waals surface area contributed by atoms with Gasteiger partial charge in [-0.1, -0.05) is 44.2 Å². The number of hydrogen-bond donors (Lipinski definition) is 1. The maximum absolute atomic E-state index is 10.8. The van der Waals surface area contributed by atoms with E-state index in [0.29, 0.717) is 0 Å². The lowest BCUT2D eigenvalue weighted by molar-refractivity contribution is -0.139. The highest BCUT2D eigenvalue weighted by molar-refractivity contribution is 5.67. The van der Waals surface area contributed by atoms with Crippen molar-refractivity contribution >= 4 is 5.97 Å². The largest absolute Gasteiger partial charge is 0.481 e. The van der Waals surface area contributed by atoms with E-state index < -0.39 is 5.97 Å². The van der Waals surface area contributed by atoms with Gasteiger partial charge in [0.2, 0.25) is 0 Å². The van der Waals surface area contributed by atoms with Gasteiger partial charge in [-0.25, -0.2) is 0 Å². The Morgan fingerprint density at radius 1 is 1.33 bits per heavy atom. The Kier molecular flexibility index (Phi) is 3.89. The van der Waals surface area contributed by atoms with Crippen LogP contribution in [0.2, 0.25) is 0 Å². The summed E-state index contributed by atoms with van der Waals surface area (Å²) in [5.41, 5.74) is 1.08. The fourth-order valence-corrected chi connectivity index (χ4v) is 1.77. The van der Waals surface area contributed by atoms with E-state index in [9.17, 15) is 4.79 Å². The summed E-state index contributed by atoms with van der Waals surface area (Å²) in [6.07, 6.45) is 1.95. The van der Waals surface area contributed by atoms with E-state index in [-0.39, 0.29) is 11.8 Å². The zero-order valence-electron chi connectivity index (χ0n) is 9.36. The molecular weight excluding hydrogens is 188 g/mol. The Labute approximate surface area is 90.9 Å². The summed E-state index contributed by atoms with van der Waals surface area (Å²) in [7, 11) is 0. The quantitative estimate of drug-likeness (QED) is 0.803. The van der Waals surface area contributed by atoms with Crippen LogP contribution >= 0.6 is 0 Å². The van der Waals surface area contributed by atoms with Crippen LogP contribution in [-0.2, 0) is 11.2 Å². The summed E-state index contributed by atoms with van der Waals surface area (Å²) in [6.45, 7) is 4.08. The van der Waals surface area contributed by atoms with Gasteiger partial charge in [0.1, 0.15) is 0 Å². The molecule has 0 fully saturated rings. The van der Waals surface area contributed by atoms with Crippen LogP contribution < -0.4 is 0 Å². The van der Waals surface area contributed by atoms with E-state index in [1.165, 1.54) is 5.56 Å². The average molecular weight is 206 g/mol. The summed E-state index contributed by atoms with van der Waals surface area (Å²) in [4.78, 5) is 10.8. The molecular formula is C13H18O2. The van der Waals surface area contributed by atoms with Gasteiger partial charge in [-0.05, 0) is 23.8 Å². The minimum atomic E-state index is -0.713. The lowest BCUT2D eigenvalue weighted by Crippen LogP contribution is -2.22. The number of carbonyl (C=O) groups is 1. The summed E-state index contributed by atoms with van der Waals surface area (Å²) >= 11 is 0. The molecule has 1 N–H and O–H groups in total. The van der Waals surface area contributed by atoms with E-state index in [0.717, 1.165) is 12.8 Å². The van der Waals surface area contributed by atoms with Crippen molar-refractivity contribution in [3.8, 4) is 0 Å². The first-order valence-electron chi connectivity index (χ1n) is 5.31. The van der Waals surface area contributed by atoms with Gasteiger partial charge in [0.05, 0.1) is 6.42 Å². The molecule has 15 heavy (non-hydrogen) atoms. The number of hydrogen-bond acceptors (Lipinski definition) is 1. The van der Waals surface area contributed by atoms with Crippen molar-refractivity contribution in [1.82, 2.24) is 0 Å². The number of carboxylic acid groups (broad SMARTS) is 1. The zero-order valence-corrected chi connectivity index (χ0v) is 9.36. The van der Waals surface area contributed by atoms with Gasteiger partial charge in [0, 0.05) is 0 Å². The maximum Gasteiger partial charge on any atom is 0.303 e. The summed E-state index contributed by atoms with van der Waals surface area (Å²) in [5.74, 6) is -0.713. The van der Waals surface area contributed by atoms with Gasteiger partial charge >= 0.3 is 5.97 Å². The van der Waals surface area contributed by atoms with Crippen molar-refractivity contribution in [3.63, 3.8) is 0 Å². The zero-order chi connectivity index (χ0) is 11.3. The van der Waals surface area contributed by atoms with E-state index in [2.05, 4.69) is 12.1 Å². The normalized spacial score (nSPS) is 14.5. The number of benzene rings is 1. The molecule has 0 aliphatic rings. The highest BCUT2D eigenvalue weighted by atomic mass is 16.4. The van der Waals surface area contributed by atoms with Crippen LogP contribution in [0.25, 0.3) is 0 Å². The summed E-state index contributed by atoms with van der Waals surface area (Å²) < 4.78 is 0. The van der Waals surface area contributed by atoms with Crippen molar-refractivity contribution in [2.75, 3.05) is 0 Å². The molecule has 0 heterocycles. The van der Waals surface area contributed by atoms with E-state index in [4.69, 9.17) is 5.11 Å². The molecule has 82 valence electrons. The first-order chi connectivity index (χ1) is 7.06. The second-order valence-electron chi connectivity index (χ2n) is 4.40. The predicted octanol–water partition coefficient (Wildman–Crippen LogP) is 3.12. The molecule has 1 atom stereocenters. The maximum atomic E-state index is 10.8. The molecule has 1 aromatic carbocycles. The van der Waals surface area contributed by atoms with Crippen molar-refractivity contribution in [3.05, 3.63) is 35.9 Å². The number of aliphatic carboxylic acids is 1. The van der Waals surface area contributed by atoms with Gasteiger partial charge in [-0.3, -0.25) is 4.79 Å². The minimum absolute atomic E-state index is 0.132. The van der Waals surface area contributed by atoms with Crippen LogP contribution in [0.1, 0.15) is 32.3 Å². The van der Waals surface area contributed by atoms with Crippen LogP contribution in [0.15, 0.2) is 30.3 Å². The minimum Gasteiger partial charge on any atom is -0.481 e. The fourth-order valence-electron chi connectivity index (χ4n) is 1.77. The lowest BCUT2D eigenvalue weighted by Gasteiger charge is -2.26. The highest BCUT2D eigenvalue weighted by Crippen LogP contribution is 2.30. The summed E-state index contributed by atoms with van der Waals surface area (Å²) in [6, 6.07) is 10.1. The standard InChI is InChI=1S/C13H18O2/c1-3-13(2,10-12(14)15)9-11-7-5-4-6-8-11/h4-8H,3,9-10H2,1-2H3,(H,14,15)/t13-/m0/s1. The molecule has 0 aliphatic heterocycles. The molecule has 0 amide bonds. The summed E-state index contributed by atoms with van der Waals surface area (Å²) in [5, 5.41) is 8.86. The molecule has 0 spiro atoms. The van der Waals surface area contributed by atoms with Gasteiger partial charge in [-0.2, -0.15) is 0 Å². The first-order valence-corrected chi connectivity index (χ1v) is 5.31. The second kappa shape index (κ2) is 4.96. The topological polar surface area (TPSA) is 37.3 Å². The SMILES string of the molecule is CC[C@](C)(CC(=O)O)Cc1ccccc1. The van der Waals surface area contributed by atoms with Crippen LogP contribution in [-0.4, -0.2) is 11.1 Å². The number of rotatable bonds is 5. The molecule has 0 unspecified atom stereocenters. The van der Waals surface area contributed by atoms with E-state index in [1.807, 2.05) is 32.0 Å². The first kappa shape index (κ1) is 11.8. The van der Waals surface area contributed by atoms with Gasteiger partial charge in [-0.15, -0.1) is 0 Å². The Hall–Kier alpha value is -1.31. The Morgan fingerprint density at radius 3 is 2.40 bits per heavy atom. The number of carboxylic acids is 1. The molecule has 0 aromatic heterocycles. The molecule has 0 aliphatic carbocycles. The van der Waals surface area contributed by atoms with Crippen LogP contribution in [0, 0.1) is 5.41 Å². The predicted molar refractivity (Wildman–Crippen MR) is 60.8 cm³/mol. The molecule has 2 nitrogen and oxygen atoms in total. The second-order valence-corrected chi connectivity index (χ2v) is 4.40. The molecule has 0 saturated carbocycles. The molecule has 0 saturated heterocycles. The van der Waals surface area contributed by atoms with Crippen LogP contribution in [0.3, 0.4) is 0 Å². The highest BCUT2D eigenvalue weighted by Gasteiger charge is 2.25. The molecule has 0 bridgehead atoms. The molecule has 0 radical (unpaired) electrons. The van der Waals surface area contributed by atoms with Crippen molar-refractivity contribution in [2.45, 2.75) is 33.1 Å². The van der Waals surface area contributed by atoms with Crippen LogP contribution in [0.4, 0.5) is 0 Å². The third-order valence-electron chi connectivity index (χ3n) is 2.91. The van der Waals surface area contributed by atoms with Gasteiger partial charge in [0.15, 0.2) is 0 Å². The average Bonchev–Trinajstić information content (AvgIpc) is 2.18. The Balaban J connectivity index is 2.72. The monoisotopic (exact) mass is 206 g/mol. The molecule has 2 heteroatoms. The lowest BCUT2D eigenvalue weighted by atomic mass is 9.78. The molecule has 1 rings (SSSR count). The Morgan fingerprint density at radius 2 is 1.93 bits per heavy atom. The molecule has 1 aromatic rings. The van der Waals surface area contributed by atoms with E-state index in [1.54, 1.807) is 0 Å². The van der Waals surface area contributed by atoms with Crippen LogP contribution in [0.5, 0.6) is 0 Å². The van der Waals surface area contributed by atoms with Gasteiger partial charge < -0.3 is 5.11 Å². The van der Waals surface area contributed by atoms with Gasteiger partial charge in [0.25, 0.3) is 0 Å².